The average molecular weight is 261 g/mol. The number of nitrogens with one attached hydrogen (secondary N) is 1. The third-order valence-electron chi connectivity index (χ3n) is 4.61. The van der Waals surface area contributed by atoms with E-state index in [0.29, 0.717) is 11.8 Å². The predicted octanol–water partition coefficient (Wildman–Crippen LogP) is 2.04. The highest BCUT2D eigenvalue weighted by Gasteiger charge is 2.39. The molecule has 4 atom stereocenters. The van der Waals surface area contributed by atoms with Gasteiger partial charge in [-0.05, 0) is 68.8 Å². The van der Waals surface area contributed by atoms with Crippen LogP contribution in [0.4, 0.5) is 0 Å². The Morgan fingerprint density at radius 3 is 2.68 bits per heavy atom. The Morgan fingerprint density at radius 1 is 1.16 bits per heavy atom. The molecule has 2 aliphatic rings. The molecule has 2 fully saturated rings. The maximum Gasteiger partial charge on any atom is 0.125 e. The first-order chi connectivity index (χ1) is 9.13. The predicted molar refractivity (Wildman–Crippen MR) is 75.4 cm³/mol. The molecule has 0 unspecified atom stereocenters. The number of benzene rings is 1. The van der Waals surface area contributed by atoms with Crippen molar-refractivity contribution in [1.29, 1.82) is 0 Å². The topological polar surface area (TPSA) is 41.5 Å². The van der Waals surface area contributed by atoms with Crippen molar-refractivity contribution in [3.05, 3.63) is 29.3 Å². The van der Waals surface area contributed by atoms with E-state index in [1.54, 1.807) is 0 Å². The molecule has 1 heterocycles. The quantitative estimate of drug-likeness (QED) is 0.856. The van der Waals surface area contributed by atoms with E-state index in [1.165, 1.54) is 5.56 Å². The lowest BCUT2D eigenvalue weighted by atomic mass is 9.78. The van der Waals surface area contributed by atoms with Crippen molar-refractivity contribution in [3.8, 4) is 5.75 Å². The van der Waals surface area contributed by atoms with Gasteiger partial charge in [-0.25, -0.2) is 0 Å². The Hall–Kier alpha value is -1.06. The van der Waals surface area contributed by atoms with Crippen LogP contribution in [0.25, 0.3) is 0 Å². The second-order valence-corrected chi connectivity index (χ2v) is 6.14. The Morgan fingerprint density at radius 2 is 1.89 bits per heavy atom. The first-order valence-electron chi connectivity index (χ1n) is 7.26. The fraction of sp³-hybridized carbons (Fsp3) is 0.625. The van der Waals surface area contributed by atoms with E-state index >= 15 is 0 Å². The lowest BCUT2D eigenvalue weighted by Gasteiger charge is -2.35. The molecular weight excluding hydrogens is 238 g/mol. The van der Waals surface area contributed by atoms with Crippen LogP contribution in [0.3, 0.4) is 0 Å². The van der Waals surface area contributed by atoms with Crippen LogP contribution in [-0.4, -0.2) is 30.4 Å². The van der Waals surface area contributed by atoms with Gasteiger partial charge in [-0.2, -0.15) is 0 Å². The van der Waals surface area contributed by atoms with E-state index in [1.807, 2.05) is 0 Å². The van der Waals surface area contributed by atoms with E-state index < -0.39 is 0 Å². The van der Waals surface area contributed by atoms with Gasteiger partial charge in [0.2, 0.25) is 0 Å². The van der Waals surface area contributed by atoms with Crippen molar-refractivity contribution in [3.63, 3.8) is 0 Å². The van der Waals surface area contributed by atoms with Crippen LogP contribution in [-0.2, 0) is 0 Å². The minimum absolute atomic E-state index is 0.0540. The van der Waals surface area contributed by atoms with E-state index in [9.17, 15) is 5.11 Å². The van der Waals surface area contributed by atoms with Crippen molar-refractivity contribution in [1.82, 2.24) is 5.32 Å². The van der Waals surface area contributed by atoms with Gasteiger partial charge in [0.05, 0.1) is 6.10 Å². The van der Waals surface area contributed by atoms with Gasteiger partial charge in [-0.15, -0.1) is 0 Å². The van der Waals surface area contributed by atoms with Crippen LogP contribution >= 0.6 is 0 Å². The van der Waals surface area contributed by atoms with Crippen LogP contribution in [0.5, 0.6) is 5.75 Å². The molecule has 3 rings (SSSR count). The fourth-order valence-electron chi connectivity index (χ4n) is 3.38. The molecule has 19 heavy (non-hydrogen) atoms. The highest BCUT2D eigenvalue weighted by atomic mass is 16.5. The molecule has 1 aliphatic carbocycles. The first kappa shape index (κ1) is 12.9. The summed E-state index contributed by atoms with van der Waals surface area (Å²) >= 11 is 0. The third-order valence-corrected chi connectivity index (χ3v) is 4.61. The number of ether oxygens (including phenoxy) is 1. The summed E-state index contributed by atoms with van der Waals surface area (Å²) in [5.74, 6) is 2.22. The standard InChI is InChI=1S/C16H23NO2/c1-10-3-4-11(2)15(5-10)19-16-7-13-9-17-8-12(13)6-14(16)18/h3-5,12-14,16-18H,6-9H2,1-2H3/t12-,13+,14+,16+/m0/s1. The van der Waals surface area contributed by atoms with Gasteiger partial charge in [0.15, 0.2) is 0 Å². The summed E-state index contributed by atoms with van der Waals surface area (Å²) in [6, 6.07) is 6.25. The van der Waals surface area contributed by atoms with Crippen LogP contribution < -0.4 is 10.1 Å². The summed E-state index contributed by atoms with van der Waals surface area (Å²) in [5, 5.41) is 13.7. The van der Waals surface area contributed by atoms with E-state index in [4.69, 9.17) is 4.74 Å². The SMILES string of the molecule is Cc1ccc(C)c(O[C@@H]2C[C@@H]3CNC[C@@H]3C[C@H]2O)c1. The molecule has 3 nitrogen and oxygen atoms in total. The Balaban J connectivity index is 1.73. The van der Waals surface area contributed by atoms with Crippen molar-refractivity contribution in [2.45, 2.75) is 38.9 Å². The summed E-state index contributed by atoms with van der Waals surface area (Å²) in [6.45, 7) is 6.26. The minimum Gasteiger partial charge on any atom is -0.487 e. The molecule has 0 bridgehead atoms. The second kappa shape index (κ2) is 5.14. The highest BCUT2D eigenvalue weighted by molar-refractivity contribution is 5.36. The summed E-state index contributed by atoms with van der Waals surface area (Å²) < 4.78 is 6.11. The van der Waals surface area contributed by atoms with Crippen molar-refractivity contribution >= 4 is 0 Å². The number of aliphatic hydroxyl groups is 1. The van der Waals surface area contributed by atoms with Gasteiger partial charge in [-0.1, -0.05) is 12.1 Å². The summed E-state index contributed by atoms with van der Waals surface area (Å²) in [5.41, 5.74) is 2.34. The van der Waals surface area contributed by atoms with Gasteiger partial charge in [0.25, 0.3) is 0 Å². The molecular formula is C16H23NO2. The molecule has 0 amide bonds. The monoisotopic (exact) mass is 261 g/mol. The number of fused-ring (bicyclic) bond motifs is 1. The van der Waals surface area contributed by atoms with Crippen molar-refractivity contribution in [2.24, 2.45) is 11.8 Å². The zero-order chi connectivity index (χ0) is 13.4. The third kappa shape index (κ3) is 2.63. The first-order valence-corrected chi connectivity index (χ1v) is 7.26. The number of aliphatic hydroxyl groups excluding tert-OH is 1. The van der Waals surface area contributed by atoms with Crippen LogP contribution in [0.15, 0.2) is 18.2 Å². The van der Waals surface area contributed by atoms with Crippen LogP contribution in [0, 0.1) is 25.7 Å². The van der Waals surface area contributed by atoms with Crippen LogP contribution in [0.2, 0.25) is 0 Å². The molecule has 0 aromatic heterocycles. The maximum atomic E-state index is 10.3. The van der Waals surface area contributed by atoms with Gasteiger partial charge in [0, 0.05) is 0 Å². The molecule has 1 saturated carbocycles. The second-order valence-electron chi connectivity index (χ2n) is 6.14. The van der Waals surface area contributed by atoms with Gasteiger partial charge in [0.1, 0.15) is 11.9 Å². The average Bonchev–Trinajstić information content (AvgIpc) is 2.81. The van der Waals surface area contributed by atoms with E-state index in [0.717, 1.165) is 37.2 Å². The van der Waals surface area contributed by atoms with Gasteiger partial charge in [-0.3, -0.25) is 0 Å². The molecule has 2 N–H and O–H groups in total. The summed E-state index contributed by atoms with van der Waals surface area (Å²) in [4.78, 5) is 0. The number of hydrogen-bond donors (Lipinski definition) is 2. The molecule has 104 valence electrons. The van der Waals surface area contributed by atoms with E-state index in [2.05, 4.69) is 37.4 Å². The minimum atomic E-state index is -0.332. The smallest absolute Gasteiger partial charge is 0.125 e. The lowest BCUT2D eigenvalue weighted by molar-refractivity contribution is -0.0234. The summed E-state index contributed by atoms with van der Waals surface area (Å²) in [6.07, 6.45) is 1.45. The number of aryl methyl sites for hydroxylation is 2. The molecule has 3 heteroatoms. The normalized spacial score (nSPS) is 34.1. The molecule has 1 saturated heterocycles. The molecule has 1 aliphatic heterocycles. The fourth-order valence-corrected chi connectivity index (χ4v) is 3.38. The maximum absolute atomic E-state index is 10.3. The lowest BCUT2D eigenvalue weighted by Crippen LogP contribution is -2.42. The number of rotatable bonds is 2. The van der Waals surface area contributed by atoms with Crippen molar-refractivity contribution < 1.29 is 9.84 Å². The van der Waals surface area contributed by atoms with Crippen molar-refractivity contribution in [2.75, 3.05) is 13.1 Å². The highest BCUT2D eigenvalue weighted by Crippen LogP contribution is 2.35. The molecule has 0 spiro atoms. The summed E-state index contributed by atoms with van der Waals surface area (Å²) in [7, 11) is 0. The Kier molecular flexibility index (Phi) is 3.50. The zero-order valence-electron chi connectivity index (χ0n) is 11.7. The molecule has 1 aromatic rings. The Labute approximate surface area is 115 Å². The van der Waals surface area contributed by atoms with E-state index in [-0.39, 0.29) is 12.2 Å². The van der Waals surface area contributed by atoms with Gasteiger partial charge >= 0.3 is 0 Å². The Bertz CT molecular complexity index is 460. The number of hydrogen-bond acceptors (Lipinski definition) is 3. The van der Waals surface area contributed by atoms with Gasteiger partial charge < -0.3 is 15.2 Å². The molecule has 1 aromatic carbocycles. The van der Waals surface area contributed by atoms with Crippen LogP contribution in [0.1, 0.15) is 24.0 Å². The molecule has 0 radical (unpaired) electrons. The zero-order valence-corrected chi connectivity index (χ0v) is 11.7. The largest absolute Gasteiger partial charge is 0.487 e.